The lowest BCUT2D eigenvalue weighted by molar-refractivity contribution is 0.252. The maximum absolute atomic E-state index is 3.85. The minimum Gasteiger partial charge on any atom is -0.314 e. The average Bonchev–Trinajstić information content (AvgIpc) is 3.01. The second-order valence-electron chi connectivity index (χ2n) is 6.69. The second-order valence-corrected chi connectivity index (χ2v) is 6.69. The first-order valence-corrected chi connectivity index (χ1v) is 7.56. The Morgan fingerprint density at radius 2 is 1.88 bits per heavy atom. The summed E-state index contributed by atoms with van der Waals surface area (Å²) in [5.41, 5.74) is 0. The third-order valence-electron chi connectivity index (χ3n) is 5.64. The van der Waals surface area contributed by atoms with Crippen LogP contribution >= 0.6 is 0 Å². The molecule has 3 saturated carbocycles. The molecule has 0 spiro atoms. The molecule has 3 rings (SSSR count). The molecule has 0 saturated heterocycles. The third kappa shape index (κ3) is 2.16. The Hall–Kier alpha value is -0.0400. The van der Waals surface area contributed by atoms with Crippen LogP contribution in [0.4, 0.5) is 0 Å². The van der Waals surface area contributed by atoms with Crippen molar-refractivity contribution in [2.24, 2.45) is 23.7 Å². The van der Waals surface area contributed by atoms with Crippen LogP contribution in [-0.4, -0.2) is 12.6 Å². The van der Waals surface area contributed by atoms with E-state index in [1.807, 2.05) is 0 Å². The summed E-state index contributed by atoms with van der Waals surface area (Å²) >= 11 is 0. The van der Waals surface area contributed by atoms with Crippen molar-refractivity contribution in [2.45, 2.75) is 64.3 Å². The quantitative estimate of drug-likeness (QED) is 0.765. The van der Waals surface area contributed by atoms with Crippen LogP contribution < -0.4 is 5.32 Å². The van der Waals surface area contributed by atoms with Crippen LogP contribution in [0, 0.1) is 23.7 Å². The highest BCUT2D eigenvalue weighted by Crippen LogP contribution is 2.49. The van der Waals surface area contributed by atoms with Crippen molar-refractivity contribution in [2.75, 3.05) is 6.54 Å². The molecule has 0 aromatic heterocycles. The van der Waals surface area contributed by atoms with Crippen molar-refractivity contribution < 1.29 is 0 Å². The SMILES string of the molecule is CC(NCC1CCCC1)C1CC2CCC1C2. The molecule has 4 unspecified atom stereocenters. The summed E-state index contributed by atoms with van der Waals surface area (Å²) in [5.74, 6) is 4.20. The topological polar surface area (TPSA) is 12.0 Å². The van der Waals surface area contributed by atoms with Gasteiger partial charge in [-0.3, -0.25) is 0 Å². The Labute approximate surface area is 100 Å². The molecule has 0 heterocycles. The average molecular weight is 221 g/mol. The number of hydrogen-bond donors (Lipinski definition) is 1. The smallest absolute Gasteiger partial charge is 0.00698 e. The lowest BCUT2D eigenvalue weighted by Crippen LogP contribution is -2.38. The fraction of sp³-hybridized carbons (Fsp3) is 1.00. The van der Waals surface area contributed by atoms with Gasteiger partial charge in [-0.25, -0.2) is 0 Å². The predicted molar refractivity (Wildman–Crippen MR) is 68.4 cm³/mol. The molecule has 0 amide bonds. The van der Waals surface area contributed by atoms with Gasteiger partial charge in [-0.2, -0.15) is 0 Å². The van der Waals surface area contributed by atoms with Crippen LogP contribution in [0.5, 0.6) is 0 Å². The first-order valence-electron chi connectivity index (χ1n) is 7.56. The molecule has 0 aliphatic heterocycles. The Morgan fingerprint density at radius 3 is 2.50 bits per heavy atom. The van der Waals surface area contributed by atoms with E-state index in [9.17, 15) is 0 Å². The molecular weight excluding hydrogens is 194 g/mol. The molecule has 3 aliphatic rings. The van der Waals surface area contributed by atoms with E-state index in [0.717, 1.165) is 29.7 Å². The summed E-state index contributed by atoms with van der Waals surface area (Å²) < 4.78 is 0. The maximum Gasteiger partial charge on any atom is 0.00698 e. The van der Waals surface area contributed by atoms with Crippen LogP contribution in [0.3, 0.4) is 0 Å². The lowest BCUT2D eigenvalue weighted by Gasteiger charge is -2.29. The summed E-state index contributed by atoms with van der Waals surface area (Å²) in [7, 11) is 0. The van der Waals surface area contributed by atoms with Gasteiger partial charge in [0.2, 0.25) is 0 Å². The van der Waals surface area contributed by atoms with Gasteiger partial charge in [0.15, 0.2) is 0 Å². The molecule has 1 nitrogen and oxygen atoms in total. The van der Waals surface area contributed by atoms with Gasteiger partial charge in [0.1, 0.15) is 0 Å². The number of fused-ring (bicyclic) bond motifs is 2. The zero-order chi connectivity index (χ0) is 11.0. The van der Waals surface area contributed by atoms with Crippen molar-refractivity contribution in [3.63, 3.8) is 0 Å². The molecule has 1 heteroatoms. The van der Waals surface area contributed by atoms with Gasteiger partial charge in [0, 0.05) is 6.04 Å². The van der Waals surface area contributed by atoms with E-state index < -0.39 is 0 Å². The Kier molecular flexibility index (Phi) is 3.24. The van der Waals surface area contributed by atoms with E-state index in [2.05, 4.69) is 12.2 Å². The fourth-order valence-electron chi connectivity index (χ4n) is 4.62. The van der Waals surface area contributed by atoms with E-state index in [1.54, 1.807) is 6.42 Å². The molecule has 2 bridgehead atoms. The maximum atomic E-state index is 3.85. The van der Waals surface area contributed by atoms with E-state index in [-0.39, 0.29) is 0 Å². The monoisotopic (exact) mass is 221 g/mol. The highest BCUT2D eigenvalue weighted by molar-refractivity contribution is 4.94. The van der Waals surface area contributed by atoms with Crippen molar-refractivity contribution >= 4 is 0 Å². The first kappa shape index (κ1) is 11.1. The van der Waals surface area contributed by atoms with Gasteiger partial charge in [-0.1, -0.05) is 19.3 Å². The zero-order valence-electron chi connectivity index (χ0n) is 10.8. The largest absolute Gasteiger partial charge is 0.314 e. The predicted octanol–water partition coefficient (Wildman–Crippen LogP) is 3.59. The number of hydrogen-bond acceptors (Lipinski definition) is 1. The van der Waals surface area contributed by atoms with E-state index in [0.29, 0.717) is 0 Å². The molecule has 92 valence electrons. The number of rotatable bonds is 4. The fourth-order valence-corrected chi connectivity index (χ4v) is 4.62. The minimum absolute atomic E-state index is 0.788. The van der Waals surface area contributed by atoms with Gasteiger partial charge < -0.3 is 5.32 Å². The van der Waals surface area contributed by atoms with Crippen molar-refractivity contribution in [1.82, 2.24) is 5.32 Å². The zero-order valence-corrected chi connectivity index (χ0v) is 10.8. The van der Waals surface area contributed by atoms with Crippen LogP contribution in [0.2, 0.25) is 0 Å². The van der Waals surface area contributed by atoms with Crippen molar-refractivity contribution in [3.05, 3.63) is 0 Å². The van der Waals surface area contributed by atoms with Gasteiger partial charge in [0.05, 0.1) is 0 Å². The minimum atomic E-state index is 0.788. The Bertz CT molecular complexity index is 232. The van der Waals surface area contributed by atoms with Crippen LogP contribution in [0.25, 0.3) is 0 Å². The molecule has 0 aromatic rings. The van der Waals surface area contributed by atoms with E-state index >= 15 is 0 Å². The summed E-state index contributed by atoms with van der Waals surface area (Å²) in [6, 6.07) is 0.788. The Morgan fingerprint density at radius 1 is 1.06 bits per heavy atom. The molecule has 0 aromatic carbocycles. The van der Waals surface area contributed by atoms with Gasteiger partial charge in [0.25, 0.3) is 0 Å². The normalized spacial score (nSPS) is 40.7. The highest BCUT2D eigenvalue weighted by atomic mass is 14.9. The summed E-state index contributed by atoms with van der Waals surface area (Å²) in [6.07, 6.45) is 12.1. The third-order valence-corrected chi connectivity index (χ3v) is 5.64. The molecule has 0 radical (unpaired) electrons. The van der Waals surface area contributed by atoms with E-state index in [4.69, 9.17) is 0 Å². The van der Waals surface area contributed by atoms with Gasteiger partial charge in [-0.15, -0.1) is 0 Å². The van der Waals surface area contributed by atoms with Crippen molar-refractivity contribution in [1.29, 1.82) is 0 Å². The van der Waals surface area contributed by atoms with Crippen LogP contribution in [-0.2, 0) is 0 Å². The highest BCUT2D eigenvalue weighted by Gasteiger charge is 2.41. The second kappa shape index (κ2) is 4.68. The summed E-state index contributed by atoms with van der Waals surface area (Å²) in [6.45, 7) is 3.75. The first-order chi connectivity index (χ1) is 7.83. The van der Waals surface area contributed by atoms with Crippen molar-refractivity contribution in [3.8, 4) is 0 Å². The van der Waals surface area contributed by atoms with Crippen LogP contribution in [0.1, 0.15) is 58.3 Å². The van der Waals surface area contributed by atoms with Gasteiger partial charge in [-0.05, 0) is 69.2 Å². The van der Waals surface area contributed by atoms with Gasteiger partial charge >= 0.3 is 0 Å². The lowest BCUT2D eigenvalue weighted by atomic mass is 9.84. The summed E-state index contributed by atoms with van der Waals surface area (Å²) in [5, 5.41) is 3.85. The standard InChI is InChI=1S/C15H27N/c1-11(16-10-12-4-2-3-5-12)15-9-13-6-7-14(15)8-13/h11-16H,2-10H2,1H3. The number of nitrogens with one attached hydrogen (secondary N) is 1. The van der Waals surface area contributed by atoms with Crippen LogP contribution in [0.15, 0.2) is 0 Å². The molecule has 3 aliphatic carbocycles. The molecule has 3 fully saturated rings. The molecule has 1 N–H and O–H groups in total. The Balaban J connectivity index is 1.44. The summed E-state index contributed by atoms with van der Waals surface area (Å²) in [4.78, 5) is 0. The van der Waals surface area contributed by atoms with E-state index in [1.165, 1.54) is 51.5 Å². The molecule has 4 atom stereocenters. The molecular formula is C15H27N. The molecule has 16 heavy (non-hydrogen) atoms.